The third-order valence-corrected chi connectivity index (χ3v) is 10.5. The van der Waals surface area contributed by atoms with Crippen molar-refractivity contribution >= 4 is 53.3 Å². The van der Waals surface area contributed by atoms with Gasteiger partial charge in [-0.25, -0.2) is 4.79 Å². The van der Waals surface area contributed by atoms with E-state index in [4.69, 9.17) is 33.7 Å². The number of carbonyl (C=O) groups is 3. The molecule has 1 unspecified atom stereocenters. The maximum Gasteiger partial charge on any atom is 0.337 e. The second-order valence-corrected chi connectivity index (χ2v) is 13.9. The Morgan fingerprint density at radius 1 is 0.807 bits per heavy atom. The molecular weight excluding hydrogens is 725 g/mol. The van der Waals surface area contributed by atoms with E-state index in [9.17, 15) is 14.4 Å². The van der Waals surface area contributed by atoms with E-state index < -0.39 is 5.97 Å². The van der Waals surface area contributed by atoms with Gasteiger partial charge in [-0.3, -0.25) is 24.5 Å². The molecule has 8 rings (SSSR count). The fraction of sp³-hybridized carbons (Fsp3) is 0.222. The van der Waals surface area contributed by atoms with Crippen molar-refractivity contribution in [1.82, 2.24) is 0 Å². The molecule has 0 bridgehead atoms. The van der Waals surface area contributed by atoms with Gasteiger partial charge in [-0.05, 0) is 71.1 Å². The molecule has 0 radical (unpaired) electrons. The molecule has 12 heteroatoms. The zero-order valence-electron chi connectivity index (χ0n) is 31.9. The summed E-state index contributed by atoms with van der Waals surface area (Å²) in [6.07, 6.45) is 5.87. The van der Waals surface area contributed by atoms with Gasteiger partial charge in [0.25, 0.3) is 5.91 Å². The van der Waals surface area contributed by atoms with E-state index >= 15 is 0 Å². The van der Waals surface area contributed by atoms with Crippen LogP contribution in [0.4, 0.5) is 22.7 Å². The van der Waals surface area contributed by atoms with Crippen LogP contribution in [0.3, 0.4) is 0 Å². The van der Waals surface area contributed by atoms with Crippen LogP contribution in [-0.2, 0) is 30.8 Å². The highest BCUT2D eigenvalue weighted by Gasteiger charge is 2.36. The molecule has 3 aliphatic rings. The quantitative estimate of drug-likeness (QED) is 0.0720. The van der Waals surface area contributed by atoms with E-state index in [0.29, 0.717) is 68.6 Å². The predicted molar refractivity (Wildman–Crippen MR) is 217 cm³/mol. The van der Waals surface area contributed by atoms with Crippen molar-refractivity contribution in [2.75, 3.05) is 38.2 Å². The van der Waals surface area contributed by atoms with Crippen molar-refractivity contribution in [2.45, 2.75) is 38.1 Å². The number of para-hydroxylation sites is 2. The number of methoxy groups -OCH3 is 3. The molecule has 288 valence electrons. The third-order valence-electron chi connectivity index (χ3n) is 10.5. The standard InChI is InChI=1S/C45H40N4O8/c1-48-33(16-29-9-5-7-11-38(29)48)22-46-36-20-42(40(53-2)18-32(36)24-50)56-25-27-13-28(15-31(14-27)45(52)55-4)26-57-43-21-37-35(19-41(43)54-3)44(51)49-34(23-47-37)17-30-10-6-8-12-39(30)49/h5-15,18-24,33-34H,16-17,25-26H2,1-4H3/b46-22-/t33?,34-/m0/s1. The molecule has 5 aromatic carbocycles. The van der Waals surface area contributed by atoms with E-state index in [-0.39, 0.29) is 31.2 Å². The summed E-state index contributed by atoms with van der Waals surface area (Å²) in [4.78, 5) is 52.1. The zero-order chi connectivity index (χ0) is 39.6. The first-order chi connectivity index (χ1) is 27.8. The Kier molecular flexibility index (Phi) is 10.2. The number of hydrogen-bond acceptors (Lipinski definition) is 11. The monoisotopic (exact) mass is 764 g/mol. The highest BCUT2D eigenvalue weighted by molar-refractivity contribution is 6.14. The Bertz CT molecular complexity index is 2460. The Labute approximate surface area is 329 Å². The molecule has 3 aliphatic heterocycles. The second kappa shape index (κ2) is 15.7. The molecular formula is C45H40N4O8. The summed E-state index contributed by atoms with van der Waals surface area (Å²) in [6, 6.07) is 27.8. The van der Waals surface area contributed by atoms with Gasteiger partial charge in [0, 0.05) is 55.0 Å². The lowest BCUT2D eigenvalue weighted by atomic mass is 10.1. The number of esters is 1. The van der Waals surface area contributed by atoms with E-state index in [2.05, 4.69) is 17.0 Å². The van der Waals surface area contributed by atoms with Crippen molar-refractivity contribution in [1.29, 1.82) is 0 Å². The van der Waals surface area contributed by atoms with Crippen molar-refractivity contribution in [3.63, 3.8) is 0 Å². The van der Waals surface area contributed by atoms with Crippen LogP contribution in [-0.4, -0.2) is 71.1 Å². The fourth-order valence-electron chi connectivity index (χ4n) is 7.61. The zero-order valence-corrected chi connectivity index (χ0v) is 31.9. The number of nitrogens with zero attached hydrogens (tertiary/aromatic N) is 4. The van der Waals surface area contributed by atoms with Crippen LogP contribution in [0.15, 0.2) is 101 Å². The molecule has 2 atom stereocenters. The molecule has 0 N–H and O–H groups in total. The molecule has 0 saturated heterocycles. The van der Waals surface area contributed by atoms with Crippen molar-refractivity contribution in [3.8, 4) is 23.0 Å². The lowest BCUT2D eigenvalue weighted by Crippen LogP contribution is -2.37. The van der Waals surface area contributed by atoms with Crippen LogP contribution in [0.2, 0.25) is 0 Å². The van der Waals surface area contributed by atoms with Crippen molar-refractivity contribution < 1.29 is 38.1 Å². The van der Waals surface area contributed by atoms with E-state index in [1.807, 2.05) is 55.7 Å². The number of anilines is 2. The van der Waals surface area contributed by atoms with Crippen LogP contribution >= 0.6 is 0 Å². The van der Waals surface area contributed by atoms with E-state index in [1.54, 1.807) is 47.5 Å². The smallest absolute Gasteiger partial charge is 0.337 e. The molecule has 57 heavy (non-hydrogen) atoms. The number of carbonyl (C=O) groups excluding carboxylic acids is 3. The first-order valence-electron chi connectivity index (χ1n) is 18.4. The summed E-state index contributed by atoms with van der Waals surface area (Å²) in [7, 11) is 6.35. The Balaban J connectivity index is 1.02. The summed E-state index contributed by atoms with van der Waals surface area (Å²) < 4.78 is 28.9. The predicted octanol–water partition coefficient (Wildman–Crippen LogP) is 7.51. The number of fused-ring (bicyclic) bond motifs is 5. The number of ether oxygens (including phenoxy) is 5. The van der Waals surface area contributed by atoms with Gasteiger partial charge < -0.3 is 28.6 Å². The molecule has 0 aliphatic carbocycles. The first-order valence-corrected chi connectivity index (χ1v) is 18.4. The Morgan fingerprint density at radius 2 is 1.46 bits per heavy atom. The van der Waals surface area contributed by atoms with Gasteiger partial charge >= 0.3 is 5.97 Å². The van der Waals surface area contributed by atoms with Crippen LogP contribution in [0.5, 0.6) is 23.0 Å². The molecule has 0 fully saturated rings. The second-order valence-electron chi connectivity index (χ2n) is 13.9. The highest BCUT2D eigenvalue weighted by Crippen LogP contribution is 2.41. The fourth-order valence-corrected chi connectivity index (χ4v) is 7.61. The van der Waals surface area contributed by atoms with E-state index in [1.165, 1.54) is 26.9 Å². The molecule has 1 amide bonds. The van der Waals surface area contributed by atoms with Crippen LogP contribution in [0.25, 0.3) is 0 Å². The highest BCUT2D eigenvalue weighted by atomic mass is 16.5. The maximum atomic E-state index is 13.9. The van der Waals surface area contributed by atoms with Gasteiger partial charge in [0.2, 0.25) is 0 Å². The largest absolute Gasteiger partial charge is 0.493 e. The van der Waals surface area contributed by atoms with Gasteiger partial charge in [0.15, 0.2) is 29.3 Å². The van der Waals surface area contributed by atoms with Gasteiger partial charge in [0.1, 0.15) is 13.2 Å². The van der Waals surface area contributed by atoms with Crippen molar-refractivity contribution in [2.24, 2.45) is 9.98 Å². The SMILES string of the molecule is COC(=O)c1cc(COc2cc3c(cc2OC)C(=O)N2c4ccccc4C[C@H]2C=N3)cc(COc2cc(/N=C\C3Cc4ccccc4N3C)c(C=O)cc2OC)c1. The summed E-state index contributed by atoms with van der Waals surface area (Å²) in [6.45, 7) is 0.0840. The number of amides is 1. The topological polar surface area (TPSA) is 129 Å². The summed E-state index contributed by atoms with van der Waals surface area (Å²) in [5.41, 5.74) is 7.64. The lowest BCUT2D eigenvalue weighted by molar-refractivity contribution is 0.0600. The molecule has 12 nitrogen and oxygen atoms in total. The molecule has 0 saturated carbocycles. The number of aldehydes is 1. The van der Waals surface area contributed by atoms with Crippen LogP contribution < -0.4 is 28.7 Å². The van der Waals surface area contributed by atoms with Gasteiger partial charge in [-0.15, -0.1) is 0 Å². The van der Waals surface area contributed by atoms with Gasteiger partial charge in [-0.1, -0.05) is 36.4 Å². The maximum absolute atomic E-state index is 13.9. The van der Waals surface area contributed by atoms with Crippen LogP contribution in [0.1, 0.15) is 53.3 Å². The van der Waals surface area contributed by atoms with Crippen molar-refractivity contribution in [3.05, 3.63) is 130 Å². The summed E-state index contributed by atoms with van der Waals surface area (Å²) in [5.74, 6) is 0.777. The molecule has 0 aromatic heterocycles. The Hall–Kier alpha value is -6.95. The average Bonchev–Trinajstić information content (AvgIpc) is 3.74. The molecule has 5 aromatic rings. The Morgan fingerprint density at radius 3 is 2.12 bits per heavy atom. The summed E-state index contributed by atoms with van der Waals surface area (Å²) in [5, 5.41) is 0. The summed E-state index contributed by atoms with van der Waals surface area (Å²) >= 11 is 0. The first kappa shape index (κ1) is 37.0. The number of aliphatic imine (C=N–C) groups is 2. The molecule has 3 heterocycles. The minimum Gasteiger partial charge on any atom is -0.493 e. The van der Waals surface area contributed by atoms with Gasteiger partial charge in [0.05, 0.1) is 55.9 Å². The number of likely N-dealkylation sites (N-methyl/N-ethyl adjacent to an activating group) is 1. The third kappa shape index (κ3) is 7.17. The number of benzene rings is 5. The number of rotatable bonds is 12. The number of hydrogen-bond donors (Lipinski definition) is 0. The van der Waals surface area contributed by atoms with Crippen LogP contribution in [0, 0.1) is 0 Å². The minimum atomic E-state index is -0.528. The normalized spacial score (nSPS) is 16.4. The van der Waals surface area contributed by atoms with Gasteiger partial charge in [-0.2, -0.15) is 0 Å². The lowest BCUT2D eigenvalue weighted by Gasteiger charge is -2.22. The minimum absolute atomic E-state index is 0.0203. The average molecular weight is 765 g/mol. The van der Waals surface area contributed by atoms with E-state index in [0.717, 1.165) is 29.6 Å². The molecule has 0 spiro atoms.